The van der Waals surface area contributed by atoms with E-state index >= 15 is 0 Å². The van der Waals surface area contributed by atoms with Gasteiger partial charge in [0.1, 0.15) is 0 Å². The van der Waals surface area contributed by atoms with Gasteiger partial charge in [-0.05, 0) is 30.9 Å². The molecule has 1 aliphatic rings. The first-order valence-electron chi connectivity index (χ1n) is 9.44. The quantitative estimate of drug-likeness (QED) is 0.583. The average molecular weight is 394 g/mol. The lowest BCUT2D eigenvalue weighted by Crippen LogP contribution is -2.32. The Hall–Kier alpha value is -2.86. The van der Waals surface area contributed by atoms with Crippen LogP contribution in [0.3, 0.4) is 0 Å². The number of nitrogens with one attached hydrogen (secondary N) is 1. The first kappa shape index (κ1) is 18.5. The number of aromatic amines is 1. The molecule has 0 aliphatic carbocycles. The molecule has 0 saturated heterocycles. The molecule has 3 aromatic rings. The molecular weight excluding hydrogens is 372 g/mol. The molecule has 144 valence electrons. The van der Waals surface area contributed by atoms with Crippen LogP contribution >= 0.6 is 11.3 Å². The van der Waals surface area contributed by atoms with Crippen molar-refractivity contribution < 1.29 is 14.7 Å². The molecule has 2 aromatic heterocycles. The number of amides is 1. The van der Waals surface area contributed by atoms with Crippen LogP contribution in [-0.4, -0.2) is 33.2 Å². The number of para-hydroxylation sites is 1. The second-order valence-electron chi connectivity index (χ2n) is 7.03. The van der Waals surface area contributed by atoms with Crippen molar-refractivity contribution in [3.63, 3.8) is 0 Å². The van der Waals surface area contributed by atoms with Crippen molar-refractivity contribution in [2.45, 2.75) is 32.7 Å². The van der Waals surface area contributed by atoms with Gasteiger partial charge in [-0.15, -0.1) is 11.3 Å². The Morgan fingerprint density at radius 3 is 2.75 bits per heavy atom. The van der Waals surface area contributed by atoms with Crippen molar-refractivity contribution >= 4 is 33.9 Å². The van der Waals surface area contributed by atoms with E-state index in [1.807, 2.05) is 36.6 Å². The predicted octanol–water partition coefficient (Wildman–Crippen LogP) is 4.92. The highest BCUT2D eigenvalue weighted by Crippen LogP contribution is 2.43. The van der Waals surface area contributed by atoms with Crippen molar-refractivity contribution in [3.8, 4) is 0 Å². The summed E-state index contributed by atoms with van der Waals surface area (Å²) in [5.74, 6) is -1.18. The van der Waals surface area contributed by atoms with Crippen LogP contribution in [0.15, 0.2) is 53.1 Å². The Morgan fingerprint density at radius 2 is 2.04 bits per heavy atom. The summed E-state index contributed by atoms with van der Waals surface area (Å²) in [4.78, 5) is 31.7. The van der Waals surface area contributed by atoms with Gasteiger partial charge in [0.25, 0.3) is 5.91 Å². The zero-order valence-electron chi connectivity index (χ0n) is 15.9. The molecule has 2 N–H and O–H groups in total. The third-order valence-electron chi connectivity index (χ3n) is 5.26. The second-order valence-corrected chi connectivity index (χ2v) is 7.98. The maximum absolute atomic E-state index is 13.2. The normalized spacial score (nSPS) is 17.1. The van der Waals surface area contributed by atoms with Crippen molar-refractivity contribution in [1.29, 1.82) is 0 Å². The summed E-state index contributed by atoms with van der Waals surface area (Å²) in [7, 11) is 0. The molecule has 0 bridgehead atoms. The van der Waals surface area contributed by atoms with Crippen molar-refractivity contribution in [3.05, 3.63) is 69.2 Å². The van der Waals surface area contributed by atoms with Gasteiger partial charge in [-0.3, -0.25) is 9.59 Å². The van der Waals surface area contributed by atoms with E-state index in [4.69, 9.17) is 0 Å². The highest BCUT2D eigenvalue weighted by Gasteiger charge is 2.45. The number of hydrogen-bond acceptors (Lipinski definition) is 4. The minimum atomic E-state index is -0.593. The number of unbranched alkanes of at least 4 members (excludes halogenated alkanes) is 1. The first-order valence-corrected chi connectivity index (χ1v) is 10.3. The number of nitrogens with zero attached hydrogens (tertiary/aromatic N) is 1. The molecule has 1 aromatic carbocycles. The van der Waals surface area contributed by atoms with E-state index in [9.17, 15) is 14.7 Å². The number of fused-ring (bicyclic) bond motifs is 1. The van der Waals surface area contributed by atoms with Gasteiger partial charge in [0.15, 0.2) is 5.76 Å². The van der Waals surface area contributed by atoms with Crippen LogP contribution in [0.25, 0.3) is 10.9 Å². The van der Waals surface area contributed by atoms with Crippen molar-refractivity contribution in [2.75, 3.05) is 6.54 Å². The average Bonchev–Trinajstić information content (AvgIpc) is 3.38. The molecule has 0 radical (unpaired) electrons. The van der Waals surface area contributed by atoms with E-state index in [1.54, 1.807) is 17.0 Å². The zero-order valence-corrected chi connectivity index (χ0v) is 16.7. The number of aryl methyl sites for hydroxylation is 1. The molecule has 1 unspecified atom stereocenters. The molecule has 0 spiro atoms. The number of carbonyl (C=O) groups excluding carboxylic acids is 2. The standard InChI is InChI=1S/C22H22N2O3S/c1-3-4-11-24-19(17-13(2)23-15-9-6-5-8-14(15)17)18(21(26)22(24)27)20(25)16-10-7-12-28-16/h5-10,12,19,23,26H,3-4,11H2,1-2H3. The fourth-order valence-corrected chi connectivity index (χ4v) is 4.61. The fraction of sp³-hybridized carbons (Fsp3) is 0.273. The van der Waals surface area contributed by atoms with Gasteiger partial charge in [0.2, 0.25) is 5.78 Å². The SMILES string of the molecule is CCCCN1C(=O)C(O)=C(C(=O)c2cccs2)C1c1c(C)[nH]c2ccccc12. The Balaban J connectivity index is 1.91. The minimum absolute atomic E-state index is 0.177. The molecule has 3 heterocycles. The number of Topliss-reactive ketones (excluding diaryl/α,β-unsaturated/α-hetero) is 1. The van der Waals surface area contributed by atoms with Gasteiger partial charge in [-0.25, -0.2) is 0 Å². The van der Waals surface area contributed by atoms with Crippen LogP contribution in [0.5, 0.6) is 0 Å². The lowest BCUT2D eigenvalue weighted by atomic mass is 9.93. The number of ketones is 1. The van der Waals surface area contributed by atoms with Crippen molar-refractivity contribution in [1.82, 2.24) is 9.88 Å². The summed E-state index contributed by atoms with van der Waals surface area (Å²) in [5, 5.41) is 13.5. The van der Waals surface area contributed by atoms with E-state index in [1.165, 1.54) is 11.3 Å². The van der Waals surface area contributed by atoms with Crippen LogP contribution in [0, 0.1) is 6.92 Å². The van der Waals surface area contributed by atoms with Gasteiger partial charge < -0.3 is 15.0 Å². The maximum atomic E-state index is 13.2. The second kappa shape index (κ2) is 7.28. The summed E-state index contributed by atoms with van der Waals surface area (Å²) < 4.78 is 0. The van der Waals surface area contributed by atoms with Crippen molar-refractivity contribution in [2.24, 2.45) is 0 Å². The number of H-pyrrole nitrogens is 1. The summed E-state index contributed by atoms with van der Waals surface area (Å²) in [5.41, 5.74) is 2.90. The largest absolute Gasteiger partial charge is 0.503 e. The van der Waals surface area contributed by atoms with Gasteiger partial charge in [-0.1, -0.05) is 37.6 Å². The van der Waals surface area contributed by atoms with Gasteiger partial charge in [-0.2, -0.15) is 0 Å². The molecule has 1 amide bonds. The van der Waals surface area contributed by atoms with Crippen LogP contribution in [0.1, 0.15) is 46.7 Å². The number of hydrogen-bond donors (Lipinski definition) is 2. The lowest BCUT2D eigenvalue weighted by Gasteiger charge is -2.27. The monoisotopic (exact) mass is 394 g/mol. The molecule has 5 nitrogen and oxygen atoms in total. The molecule has 0 saturated carbocycles. The maximum Gasteiger partial charge on any atom is 0.290 e. The number of benzene rings is 1. The molecule has 6 heteroatoms. The molecule has 0 fully saturated rings. The summed E-state index contributed by atoms with van der Waals surface area (Å²) in [6.07, 6.45) is 1.72. The lowest BCUT2D eigenvalue weighted by molar-refractivity contribution is -0.129. The molecule has 1 aliphatic heterocycles. The molecule has 28 heavy (non-hydrogen) atoms. The number of aliphatic hydroxyl groups excluding tert-OH is 1. The molecule has 1 atom stereocenters. The summed E-state index contributed by atoms with van der Waals surface area (Å²) in [6.45, 7) is 4.49. The van der Waals surface area contributed by atoms with E-state index in [2.05, 4.69) is 11.9 Å². The number of carbonyl (C=O) groups is 2. The highest BCUT2D eigenvalue weighted by atomic mass is 32.1. The smallest absolute Gasteiger partial charge is 0.290 e. The van der Waals surface area contributed by atoms with Gasteiger partial charge >= 0.3 is 0 Å². The van der Waals surface area contributed by atoms with Crippen LogP contribution in [0.4, 0.5) is 0 Å². The van der Waals surface area contributed by atoms with Crippen LogP contribution in [0.2, 0.25) is 0 Å². The first-order chi connectivity index (χ1) is 13.5. The van der Waals surface area contributed by atoms with E-state index in [0.29, 0.717) is 11.4 Å². The third-order valence-corrected chi connectivity index (χ3v) is 6.13. The van der Waals surface area contributed by atoms with Crippen LogP contribution in [-0.2, 0) is 4.79 Å². The number of aromatic nitrogens is 1. The third kappa shape index (κ3) is 2.85. The Kier molecular flexibility index (Phi) is 4.81. The predicted molar refractivity (Wildman–Crippen MR) is 111 cm³/mol. The Labute approximate surface area is 167 Å². The van der Waals surface area contributed by atoms with E-state index < -0.39 is 17.7 Å². The van der Waals surface area contributed by atoms with Gasteiger partial charge in [0.05, 0.1) is 16.5 Å². The fourth-order valence-electron chi connectivity index (χ4n) is 3.94. The number of aliphatic hydroxyl groups is 1. The molecular formula is C22H22N2O3S. The number of rotatable bonds is 6. The molecule has 4 rings (SSSR count). The topological polar surface area (TPSA) is 73.4 Å². The van der Waals surface area contributed by atoms with Crippen LogP contribution < -0.4 is 0 Å². The van der Waals surface area contributed by atoms with E-state index in [0.717, 1.165) is 35.0 Å². The van der Waals surface area contributed by atoms with E-state index in [-0.39, 0.29) is 11.4 Å². The Bertz CT molecular complexity index is 1080. The van der Waals surface area contributed by atoms with Gasteiger partial charge in [0, 0.05) is 28.7 Å². The minimum Gasteiger partial charge on any atom is -0.503 e. The Morgan fingerprint density at radius 1 is 1.25 bits per heavy atom. The summed E-state index contributed by atoms with van der Waals surface area (Å²) in [6, 6.07) is 10.8. The summed E-state index contributed by atoms with van der Waals surface area (Å²) >= 11 is 1.31. The zero-order chi connectivity index (χ0) is 19.8. The number of thiophene rings is 1. The highest BCUT2D eigenvalue weighted by molar-refractivity contribution is 7.12.